The molecular formula is C13H9Cl2N3O2. The second-order valence-corrected chi connectivity index (χ2v) is 4.55. The Bertz CT molecular complexity index is 662. The van der Waals surface area contributed by atoms with E-state index in [0.717, 1.165) is 0 Å². The van der Waals surface area contributed by atoms with Crippen molar-refractivity contribution in [3.05, 3.63) is 63.9 Å². The van der Waals surface area contributed by atoms with Gasteiger partial charge in [0.25, 0.3) is 11.8 Å². The average molecular weight is 310 g/mol. The maximum absolute atomic E-state index is 11.8. The number of halogens is 2. The minimum Gasteiger partial charge on any atom is -0.267 e. The Morgan fingerprint density at radius 1 is 1.00 bits per heavy atom. The van der Waals surface area contributed by atoms with Gasteiger partial charge in [0.1, 0.15) is 5.15 Å². The van der Waals surface area contributed by atoms with Crippen LogP contribution in [0, 0.1) is 0 Å². The van der Waals surface area contributed by atoms with Gasteiger partial charge < -0.3 is 0 Å². The molecule has 2 amide bonds. The lowest BCUT2D eigenvalue weighted by molar-refractivity contribution is 0.0846. The molecule has 102 valence electrons. The van der Waals surface area contributed by atoms with E-state index in [2.05, 4.69) is 15.8 Å². The van der Waals surface area contributed by atoms with E-state index in [1.54, 1.807) is 24.3 Å². The predicted molar refractivity (Wildman–Crippen MR) is 75.6 cm³/mol. The average Bonchev–Trinajstić information content (AvgIpc) is 2.45. The summed E-state index contributed by atoms with van der Waals surface area (Å²) in [6.07, 6.45) is 1.40. The molecule has 0 aliphatic carbocycles. The smallest absolute Gasteiger partial charge is 0.267 e. The van der Waals surface area contributed by atoms with Crippen LogP contribution in [0.1, 0.15) is 20.7 Å². The van der Waals surface area contributed by atoms with Gasteiger partial charge in [0, 0.05) is 11.8 Å². The molecule has 2 N–H and O–H groups in total. The maximum Gasteiger partial charge on any atom is 0.271 e. The van der Waals surface area contributed by atoms with Gasteiger partial charge in [-0.3, -0.25) is 20.4 Å². The molecule has 20 heavy (non-hydrogen) atoms. The Kier molecular flexibility index (Phi) is 4.55. The number of nitrogens with one attached hydrogen (secondary N) is 2. The molecule has 0 aliphatic heterocycles. The summed E-state index contributed by atoms with van der Waals surface area (Å²) in [6, 6.07) is 9.37. The lowest BCUT2D eigenvalue weighted by Crippen LogP contribution is -2.41. The number of nitrogens with zero attached hydrogens (tertiary/aromatic N) is 1. The van der Waals surface area contributed by atoms with Crippen LogP contribution in [0.2, 0.25) is 10.2 Å². The Morgan fingerprint density at radius 2 is 1.70 bits per heavy atom. The number of benzene rings is 1. The van der Waals surface area contributed by atoms with E-state index in [1.807, 2.05) is 0 Å². The summed E-state index contributed by atoms with van der Waals surface area (Å²) in [6.45, 7) is 0. The summed E-state index contributed by atoms with van der Waals surface area (Å²) < 4.78 is 0. The first-order valence-electron chi connectivity index (χ1n) is 5.54. The quantitative estimate of drug-likeness (QED) is 0.661. The number of hydrogen-bond acceptors (Lipinski definition) is 3. The highest BCUT2D eigenvalue weighted by Gasteiger charge is 2.11. The van der Waals surface area contributed by atoms with Crippen LogP contribution in [0.4, 0.5) is 0 Å². The maximum atomic E-state index is 11.8. The number of hydrazine groups is 1. The molecule has 0 radical (unpaired) electrons. The lowest BCUT2D eigenvalue weighted by atomic mass is 10.2. The minimum absolute atomic E-state index is 0.190. The largest absolute Gasteiger partial charge is 0.271 e. The zero-order valence-corrected chi connectivity index (χ0v) is 11.6. The number of amides is 2. The number of pyridine rings is 1. The molecule has 0 unspecified atom stereocenters. The highest BCUT2D eigenvalue weighted by molar-refractivity contribution is 6.33. The molecule has 0 spiro atoms. The van der Waals surface area contributed by atoms with Gasteiger partial charge in [-0.1, -0.05) is 35.3 Å². The highest BCUT2D eigenvalue weighted by atomic mass is 35.5. The van der Waals surface area contributed by atoms with Crippen molar-refractivity contribution in [2.45, 2.75) is 0 Å². The summed E-state index contributed by atoms with van der Waals surface area (Å²) in [4.78, 5) is 27.3. The molecule has 1 aromatic heterocycles. The van der Waals surface area contributed by atoms with Crippen LogP contribution in [-0.4, -0.2) is 16.8 Å². The van der Waals surface area contributed by atoms with Gasteiger partial charge in [0.2, 0.25) is 0 Å². The van der Waals surface area contributed by atoms with Crippen molar-refractivity contribution in [3.63, 3.8) is 0 Å². The fourth-order valence-electron chi connectivity index (χ4n) is 1.44. The summed E-state index contributed by atoms with van der Waals surface area (Å²) in [5.41, 5.74) is 5.09. The molecule has 2 aromatic rings. The molecule has 0 bridgehead atoms. The fraction of sp³-hybridized carbons (Fsp3) is 0. The van der Waals surface area contributed by atoms with Crippen molar-refractivity contribution >= 4 is 35.0 Å². The molecule has 0 atom stereocenters. The van der Waals surface area contributed by atoms with E-state index >= 15 is 0 Å². The van der Waals surface area contributed by atoms with Gasteiger partial charge in [-0.05, 0) is 24.3 Å². The number of aromatic nitrogens is 1. The second-order valence-electron chi connectivity index (χ2n) is 3.76. The molecule has 7 heteroatoms. The molecule has 0 saturated carbocycles. The molecule has 2 rings (SSSR count). The molecule has 1 heterocycles. The van der Waals surface area contributed by atoms with Crippen molar-refractivity contribution in [2.24, 2.45) is 0 Å². The normalized spacial score (nSPS) is 9.90. The van der Waals surface area contributed by atoms with Crippen LogP contribution in [0.25, 0.3) is 0 Å². The first kappa shape index (κ1) is 14.3. The predicted octanol–water partition coefficient (Wildman–Crippen LogP) is 2.46. The van der Waals surface area contributed by atoms with Gasteiger partial charge >= 0.3 is 0 Å². The first-order valence-corrected chi connectivity index (χ1v) is 6.30. The number of carbonyl (C=O) groups excluding carboxylic acids is 2. The first-order chi connectivity index (χ1) is 9.58. The fourth-order valence-corrected chi connectivity index (χ4v) is 1.84. The highest BCUT2D eigenvalue weighted by Crippen LogP contribution is 2.14. The third-order valence-corrected chi connectivity index (χ3v) is 2.93. The van der Waals surface area contributed by atoms with Gasteiger partial charge in [-0.15, -0.1) is 0 Å². The number of rotatable bonds is 2. The second kappa shape index (κ2) is 6.36. The van der Waals surface area contributed by atoms with Crippen molar-refractivity contribution in [2.75, 3.05) is 0 Å². The van der Waals surface area contributed by atoms with E-state index in [1.165, 1.54) is 18.3 Å². The third-order valence-electron chi connectivity index (χ3n) is 2.40. The Morgan fingerprint density at radius 3 is 2.40 bits per heavy atom. The molecular weight excluding hydrogens is 301 g/mol. The summed E-state index contributed by atoms with van der Waals surface area (Å²) in [5, 5.41) is 0.487. The number of hydrogen-bond donors (Lipinski definition) is 2. The van der Waals surface area contributed by atoms with E-state index in [-0.39, 0.29) is 16.3 Å². The van der Waals surface area contributed by atoms with Gasteiger partial charge in [-0.2, -0.15) is 0 Å². The SMILES string of the molecule is O=C(NNC(=O)c1ccccc1Cl)c1ccnc(Cl)c1. The van der Waals surface area contributed by atoms with Crippen molar-refractivity contribution in [1.29, 1.82) is 0 Å². The van der Waals surface area contributed by atoms with Gasteiger partial charge in [-0.25, -0.2) is 4.98 Å². The lowest BCUT2D eigenvalue weighted by Gasteiger charge is -2.08. The van der Waals surface area contributed by atoms with E-state index in [9.17, 15) is 9.59 Å². The van der Waals surface area contributed by atoms with E-state index in [4.69, 9.17) is 23.2 Å². The zero-order valence-electron chi connectivity index (χ0n) is 10.1. The van der Waals surface area contributed by atoms with Gasteiger partial charge in [0.15, 0.2) is 0 Å². The monoisotopic (exact) mass is 309 g/mol. The molecule has 0 saturated heterocycles. The third kappa shape index (κ3) is 3.46. The number of carbonyl (C=O) groups is 2. The summed E-state index contributed by atoms with van der Waals surface area (Å²) in [5.74, 6) is -1.01. The Hall–Kier alpha value is -2.11. The van der Waals surface area contributed by atoms with Crippen LogP contribution >= 0.6 is 23.2 Å². The Labute approximate surface area is 124 Å². The van der Waals surface area contributed by atoms with E-state index < -0.39 is 11.8 Å². The van der Waals surface area contributed by atoms with Crippen molar-refractivity contribution in [1.82, 2.24) is 15.8 Å². The topological polar surface area (TPSA) is 71.1 Å². The van der Waals surface area contributed by atoms with Crippen LogP contribution in [-0.2, 0) is 0 Å². The van der Waals surface area contributed by atoms with Crippen LogP contribution < -0.4 is 10.9 Å². The van der Waals surface area contributed by atoms with Gasteiger partial charge in [0.05, 0.1) is 10.6 Å². The zero-order chi connectivity index (χ0) is 14.5. The standard InChI is InChI=1S/C13H9Cl2N3O2/c14-10-4-2-1-3-9(10)13(20)18-17-12(19)8-5-6-16-11(15)7-8/h1-7H,(H,17,19)(H,18,20). The summed E-state index contributed by atoms with van der Waals surface area (Å²) >= 11 is 11.5. The van der Waals surface area contributed by atoms with Crippen molar-refractivity contribution in [3.8, 4) is 0 Å². The molecule has 0 fully saturated rings. The van der Waals surface area contributed by atoms with Crippen LogP contribution in [0.3, 0.4) is 0 Å². The minimum atomic E-state index is -0.510. The van der Waals surface area contributed by atoms with Crippen LogP contribution in [0.5, 0.6) is 0 Å². The van der Waals surface area contributed by atoms with Crippen LogP contribution in [0.15, 0.2) is 42.6 Å². The Balaban J connectivity index is 2.01. The molecule has 0 aliphatic rings. The summed E-state index contributed by atoms with van der Waals surface area (Å²) in [7, 11) is 0. The van der Waals surface area contributed by atoms with E-state index in [0.29, 0.717) is 5.02 Å². The van der Waals surface area contributed by atoms with Crippen molar-refractivity contribution < 1.29 is 9.59 Å². The molecule has 1 aromatic carbocycles. The molecule has 5 nitrogen and oxygen atoms in total.